The zero-order valence-electron chi connectivity index (χ0n) is 24.4. The Morgan fingerprint density at radius 2 is 1.88 bits per heavy atom. The number of benzene rings is 2. The molecule has 2 fully saturated rings. The summed E-state index contributed by atoms with van der Waals surface area (Å²) in [4.78, 5) is 29.2. The summed E-state index contributed by atoms with van der Waals surface area (Å²) in [5.41, 5.74) is 2.73. The second-order valence-corrected chi connectivity index (χ2v) is 12.0. The average molecular weight is 549 g/mol. The number of anilines is 1. The van der Waals surface area contributed by atoms with Gasteiger partial charge in [-0.1, -0.05) is 18.2 Å². The molecule has 0 saturated carbocycles. The van der Waals surface area contributed by atoms with Crippen molar-refractivity contribution in [3.05, 3.63) is 57.5 Å². The van der Waals surface area contributed by atoms with Gasteiger partial charge in [0.25, 0.3) is 0 Å². The fourth-order valence-corrected chi connectivity index (χ4v) is 6.20. The molecule has 0 radical (unpaired) electrons. The number of carbonyl (C=O) groups is 2. The molecule has 5 rings (SSSR count). The summed E-state index contributed by atoms with van der Waals surface area (Å²) in [7, 11) is 3.07. The van der Waals surface area contributed by atoms with Gasteiger partial charge in [-0.05, 0) is 76.3 Å². The predicted molar refractivity (Wildman–Crippen MR) is 154 cm³/mol. The van der Waals surface area contributed by atoms with Crippen molar-refractivity contribution in [2.24, 2.45) is 0 Å². The first-order valence-electron chi connectivity index (χ1n) is 14.0. The third kappa shape index (κ3) is 5.42. The van der Waals surface area contributed by atoms with E-state index in [-0.39, 0.29) is 23.7 Å². The molecule has 3 aliphatic heterocycles. The van der Waals surface area contributed by atoms with Crippen LogP contribution >= 0.6 is 0 Å². The van der Waals surface area contributed by atoms with Gasteiger partial charge in [0.2, 0.25) is 0 Å². The van der Waals surface area contributed by atoms with Crippen molar-refractivity contribution in [2.45, 2.75) is 70.6 Å². The van der Waals surface area contributed by atoms with E-state index in [0.717, 1.165) is 71.8 Å². The fourth-order valence-electron chi connectivity index (χ4n) is 6.20. The molecule has 1 spiro atoms. The van der Waals surface area contributed by atoms with Crippen molar-refractivity contribution in [3.8, 4) is 5.75 Å². The SMILES string of the molecule is COC(=O)c1ccc([C@@H]2CC3(CCCO3)CCN2C=c2c(OC)cc(C)c3c2=CCN3C(=O)OC(C)(C)C)cc1. The maximum Gasteiger partial charge on any atom is 0.415 e. The van der Waals surface area contributed by atoms with Crippen LogP contribution in [0, 0.1) is 6.92 Å². The van der Waals surface area contributed by atoms with Crippen molar-refractivity contribution < 1.29 is 28.5 Å². The molecule has 3 aliphatic rings. The number of esters is 1. The van der Waals surface area contributed by atoms with Crippen molar-refractivity contribution in [1.82, 2.24) is 4.90 Å². The Bertz CT molecular complexity index is 1400. The number of nitrogens with zero attached hydrogens (tertiary/aromatic N) is 2. The third-order valence-corrected chi connectivity index (χ3v) is 8.10. The van der Waals surface area contributed by atoms with E-state index in [1.807, 2.05) is 58.0 Å². The van der Waals surface area contributed by atoms with Crippen molar-refractivity contribution in [1.29, 1.82) is 0 Å². The normalized spacial score (nSPS) is 22.8. The molecule has 214 valence electrons. The van der Waals surface area contributed by atoms with Crippen LogP contribution in [0.25, 0.3) is 12.3 Å². The lowest BCUT2D eigenvalue weighted by molar-refractivity contribution is -0.0517. The Kier molecular flexibility index (Phi) is 7.57. The molecule has 8 heteroatoms. The first-order chi connectivity index (χ1) is 19.0. The van der Waals surface area contributed by atoms with Gasteiger partial charge in [-0.2, -0.15) is 0 Å². The first kappa shape index (κ1) is 28.0. The van der Waals surface area contributed by atoms with Crippen LogP contribution in [0.3, 0.4) is 0 Å². The molecule has 8 nitrogen and oxygen atoms in total. The summed E-state index contributed by atoms with van der Waals surface area (Å²) in [6.45, 7) is 9.67. The highest BCUT2D eigenvalue weighted by atomic mass is 16.6. The summed E-state index contributed by atoms with van der Waals surface area (Å²) in [6.07, 6.45) is 7.81. The zero-order chi connectivity index (χ0) is 28.7. The number of amides is 1. The van der Waals surface area contributed by atoms with Crippen LogP contribution in [0.5, 0.6) is 5.75 Å². The fraction of sp³-hybridized carbons (Fsp3) is 0.500. The molecule has 3 heterocycles. The summed E-state index contributed by atoms with van der Waals surface area (Å²) in [5, 5.41) is 1.91. The van der Waals surface area contributed by atoms with Crippen LogP contribution in [0.15, 0.2) is 30.3 Å². The standard InChI is InChI=1S/C32H40N2O6/c1-21-18-27(37-5)25(24-12-15-34(28(21)24)30(36)40-31(2,3)4)20-33-16-14-32(13-7-17-39-32)19-26(33)22-8-10-23(11-9-22)29(35)38-6/h8-12,18,20,26H,7,13-17,19H2,1-6H3/t26-,32?/m0/s1. The van der Waals surface area contributed by atoms with Gasteiger partial charge < -0.3 is 23.8 Å². The van der Waals surface area contributed by atoms with Crippen LogP contribution in [0.2, 0.25) is 0 Å². The number of carbonyl (C=O) groups excluding carboxylic acids is 2. The lowest BCUT2D eigenvalue weighted by Crippen LogP contribution is -2.45. The molecule has 1 amide bonds. The van der Waals surface area contributed by atoms with E-state index in [1.165, 1.54) is 7.11 Å². The van der Waals surface area contributed by atoms with Gasteiger partial charge in [0.15, 0.2) is 0 Å². The van der Waals surface area contributed by atoms with Crippen LogP contribution in [-0.4, -0.2) is 62.1 Å². The van der Waals surface area contributed by atoms with Gasteiger partial charge in [0, 0.05) is 42.8 Å². The number of ether oxygens (including phenoxy) is 4. The highest BCUT2D eigenvalue weighted by molar-refractivity contribution is 5.93. The Balaban J connectivity index is 1.57. The number of methoxy groups -OCH3 is 2. The summed E-state index contributed by atoms with van der Waals surface area (Å²) < 4.78 is 22.8. The number of aryl methyl sites for hydroxylation is 1. The Labute approximate surface area is 236 Å². The van der Waals surface area contributed by atoms with Crippen molar-refractivity contribution in [2.75, 3.05) is 38.8 Å². The minimum absolute atomic E-state index is 0.0450. The lowest BCUT2D eigenvalue weighted by atomic mass is 9.81. The summed E-state index contributed by atoms with van der Waals surface area (Å²) in [6, 6.07) is 9.72. The van der Waals surface area contributed by atoms with Crippen LogP contribution in [0.1, 0.15) is 74.0 Å². The van der Waals surface area contributed by atoms with E-state index >= 15 is 0 Å². The van der Waals surface area contributed by atoms with E-state index in [4.69, 9.17) is 18.9 Å². The zero-order valence-corrected chi connectivity index (χ0v) is 24.4. The van der Waals surface area contributed by atoms with Gasteiger partial charge >= 0.3 is 12.1 Å². The van der Waals surface area contributed by atoms with E-state index in [1.54, 1.807) is 12.0 Å². The van der Waals surface area contributed by atoms with Gasteiger partial charge in [0.1, 0.15) is 11.4 Å². The van der Waals surface area contributed by atoms with Crippen molar-refractivity contribution in [3.63, 3.8) is 0 Å². The Morgan fingerprint density at radius 1 is 1.12 bits per heavy atom. The molecule has 40 heavy (non-hydrogen) atoms. The van der Waals surface area contributed by atoms with E-state index in [0.29, 0.717) is 12.1 Å². The third-order valence-electron chi connectivity index (χ3n) is 8.10. The predicted octanol–water partition coefficient (Wildman–Crippen LogP) is 4.45. The molecular formula is C32H40N2O6. The van der Waals surface area contributed by atoms with Crippen LogP contribution < -0.4 is 20.1 Å². The minimum Gasteiger partial charge on any atom is -0.496 e. The number of hydrogen-bond donors (Lipinski definition) is 0. The lowest BCUT2D eigenvalue weighted by Gasteiger charge is -2.44. The smallest absolute Gasteiger partial charge is 0.415 e. The number of likely N-dealkylation sites (tertiary alicyclic amines) is 1. The molecule has 0 bridgehead atoms. The number of piperidine rings is 1. The molecule has 1 unspecified atom stereocenters. The van der Waals surface area contributed by atoms with Gasteiger partial charge in [-0.15, -0.1) is 0 Å². The van der Waals surface area contributed by atoms with Crippen LogP contribution in [0.4, 0.5) is 10.5 Å². The quantitative estimate of drug-likeness (QED) is 0.523. The highest BCUT2D eigenvalue weighted by Crippen LogP contribution is 2.44. The minimum atomic E-state index is -0.585. The van der Waals surface area contributed by atoms with Gasteiger partial charge in [-0.3, -0.25) is 4.90 Å². The monoisotopic (exact) mass is 548 g/mol. The largest absolute Gasteiger partial charge is 0.496 e. The first-order valence-corrected chi connectivity index (χ1v) is 14.0. The molecule has 0 N–H and O–H groups in total. The number of rotatable bonds is 4. The van der Waals surface area contributed by atoms with Crippen molar-refractivity contribution >= 4 is 30.0 Å². The number of hydrogen-bond acceptors (Lipinski definition) is 7. The van der Waals surface area contributed by atoms with Gasteiger partial charge in [0.05, 0.1) is 37.1 Å². The molecule has 2 saturated heterocycles. The second kappa shape index (κ2) is 10.8. The summed E-state index contributed by atoms with van der Waals surface area (Å²) >= 11 is 0. The average Bonchev–Trinajstić information content (AvgIpc) is 3.58. The van der Waals surface area contributed by atoms with E-state index in [9.17, 15) is 9.59 Å². The van der Waals surface area contributed by atoms with E-state index < -0.39 is 5.60 Å². The molecule has 0 aliphatic carbocycles. The maximum atomic E-state index is 13.1. The molecule has 2 aromatic rings. The molecule has 2 atom stereocenters. The second-order valence-electron chi connectivity index (χ2n) is 12.0. The number of fused-ring (bicyclic) bond motifs is 1. The molecular weight excluding hydrogens is 508 g/mol. The molecule has 2 aromatic carbocycles. The van der Waals surface area contributed by atoms with Crippen LogP contribution in [-0.2, 0) is 14.2 Å². The van der Waals surface area contributed by atoms with Gasteiger partial charge in [-0.25, -0.2) is 9.59 Å². The van der Waals surface area contributed by atoms with E-state index in [2.05, 4.69) is 17.2 Å². The molecule has 0 aromatic heterocycles. The Hall–Kier alpha value is -3.52. The highest BCUT2D eigenvalue weighted by Gasteiger charge is 2.43. The topological polar surface area (TPSA) is 77.5 Å². The maximum absolute atomic E-state index is 13.1. The summed E-state index contributed by atoms with van der Waals surface area (Å²) in [5.74, 6) is 0.412. The Morgan fingerprint density at radius 3 is 2.50 bits per heavy atom.